The summed E-state index contributed by atoms with van der Waals surface area (Å²) >= 11 is 0. The van der Waals surface area contributed by atoms with Crippen LogP contribution in [0.5, 0.6) is 0 Å². The molecule has 2 aromatic rings. The third kappa shape index (κ3) is 1.24. The van der Waals surface area contributed by atoms with Crippen LogP contribution in [-0.2, 0) is 0 Å². The second-order valence-electron chi connectivity index (χ2n) is 3.36. The lowest BCUT2D eigenvalue weighted by Crippen LogP contribution is -1.94. The monoisotopic (exact) mass is 176 g/mol. The van der Waals surface area contributed by atoms with Crippen molar-refractivity contribution in [2.75, 3.05) is 5.73 Å². The highest BCUT2D eigenvalue weighted by molar-refractivity contribution is 5.59. The number of aromatic nitrogens is 3. The minimum atomic E-state index is 0.416. The lowest BCUT2D eigenvalue weighted by atomic mass is 10.2. The molecule has 0 atom stereocenters. The van der Waals surface area contributed by atoms with Crippen LogP contribution < -0.4 is 5.73 Å². The second-order valence-corrected chi connectivity index (χ2v) is 3.36. The zero-order valence-electron chi connectivity index (χ0n) is 7.73. The lowest BCUT2D eigenvalue weighted by molar-refractivity contribution is 0.834. The minimum absolute atomic E-state index is 0.416. The van der Waals surface area contributed by atoms with Gasteiger partial charge in [0.1, 0.15) is 0 Å². The van der Waals surface area contributed by atoms with E-state index in [-0.39, 0.29) is 0 Å². The molecule has 0 amide bonds. The molecule has 2 heterocycles. The second kappa shape index (κ2) is 2.73. The van der Waals surface area contributed by atoms with Gasteiger partial charge in [-0.2, -0.15) is 0 Å². The van der Waals surface area contributed by atoms with Gasteiger partial charge >= 0.3 is 0 Å². The van der Waals surface area contributed by atoms with E-state index in [0.717, 1.165) is 11.3 Å². The van der Waals surface area contributed by atoms with Crippen molar-refractivity contribution in [1.82, 2.24) is 14.4 Å². The Morgan fingerprint density at radius 1 is 1.46 bits per heavy atom. The van der Waals surface area contributed by atoms with Crippen molar-refractivity contribution in [3.8, 4) is 0 Å². The molecule has 2 N–H and O–H groups in total. The molecular formula is C9H12N4. The van der Waals surface area contributed by atoms with Gasteiger partial charge < -0.3 is 10.1 Å². The Balaban J connectivity index is 2.68. The maximum atomic E-state index is 5.68. The first-order valence-electron chi connectivity index (χ1n) is 4.27. The fourth-order valence-corrected chi connectivity index (χ4v) is 1.24. The summed E-state index contributed by atoms with van der Waals surface area (Å²) in [6.07, 6.45) is 5.51. The molecule has 0 fully saturated rings. The molecule has 0 saturated carbocycles. The Morgan fingerprint density at radius 2 is 2.23 bits per heavy atom. The van der Waals surface area contributed by atoms with Crippen LogP contribution in [0.15, 0.2) is 18.6 Å². The molecule has 0 saturated heterocycles. The summed E-state index contributed by atoms with van der Waals surface area (Å²) in [5.41, 5.74) is 7.46. The summed E-state index contributed by atoms with van der Waals surface area (Å²) in [6.45, 7) is 4.21. The van der Waals surface area contributed by atoms with Gasteiger partial charge in [0.15, 0.2) is 11.5 Å². The van der Waals surface area contributed by atoms with E-state index < -0.39 is 0 Å². The lowest BCUT2D eigenvalue weighted by Gasteiger charge is -1.94. The van der Waals surface area contributed by atoms with Crippen molar-refractivity contribution in [3.05, 3.63) is 24.3 Å². The molecule has 4 heteroatoms. The van der Waals surface area contributed by atoms with Gasteiger partial charge in [-0.3, -0.25) is 0 Å². The Hall–Kier alpha value is -1.58. The minimum Gasteiger partial charge on any atom is -0.381 e. The molecule has 0 unspecified atom stereocenters. The highest BCUT2D eigenvalue weighted by Crippen LogP contribution is 2.16. The van der Waals surface area contributed by atoms with Crippen molar-refractivity contribution in [2.45, 2.75) is 19.8 Å². The predicted octanol–water partition coefficient (Wildman–Crippen LogP) is 1.43. The van der Waals surface area contributed by atoms with Crippen molar-refractivity contribution in [3.63, 3.8) is 0 Å². The number of hydrogen-bond donors (Lipinski definition) is 1. The van der Waals surface area contributed by atoms with Crippen LogP contribution >= 0.6 is 0 Å². The largest absolute Gasteiger partial charge is 0.381 e. The van der Waals surface area contributed by atoms with Crippen LogP contribution in [0, 0.1) is 0 Å². The normalized spacial score (nSPS) is 11.3. The third-order valence-electron chi connectivity index (χ3n) is 2.01. The summed E-state index contributed by atoms with van der Waals surface area (Å²) in [6, 6.07) is 0. The average Bonchev–Trinajstić information content (AvgIpc) is 2.49. The molecule has 2 aromatic heterocycles. The Labute approximate surface area is 76.4 Å². The number of nitrogens with zero attached hydrogens (tertiary/aromatic N) is 3. The number of anilines is 1. The van der Waals surface area contributed by atoms with Crippen molar-refractivity contribution in [2.24, 2.45) is 0 Å². The van der Waals surface area contributed by atoms with Crippen molar-refractivity contribution >= 4 is 11.5 Å². The van der Waals surface area contributed by atoms with Gasteiger partial charge in [-0.25, -0.2) is 9.97 Å². The van der Waals surface area contributed by atoms with Crippen LogP contribution in [0.2, 0.25) is 0 Å². The fourth-order valence-electron chi connectivity index (χ4n) is 1.24. The first kappa shape index (κ1) is 8.04. The van der Waals surface area contributed by atoms with E-state index in [1.807, 2.05) is 16.8 Å². The van der Waals surface area contributed by atoms with Gasteiger partial charge in [0.05, 0.1) is 5.69 Å². The van der Waals surface area contributed by atoms with Gasteiger partial charge in [0.25, 0.3) is 0 Å². The van der Waals surface area contributed by atoms with E-state index in [0.29, 0.717) is 11.7 Å². The Kier molecular flexibility index (Phi) is 1.69. The zero-order valence-corrected chi connectivity index (χ0v) is 7.73. The molecular weight excluding hydrogens is 164 g/mol. The Bertz CT molecular complexity index is 430. The van der Waals surface area contributed by atoms with Gasteiger partial charge in [0.2, 0.25) is 0 Å². The summed E-state index contributed by atoms with van der Waals surface area (Å²) in [4.78, 5) is 8.36. The SMILES string of the molecule is CC(C)c1cn2ccnc(N)c2n1. The first-order chi connectivity index (χ1) is 6.18. The smallest absolute Gasteiger partial charge is 0.180 e. The van der Waals surface area contributed by atoms with Crippen LogP contribution in [-0.4, -0.2) is 14.4 Å². The molecule has 0 bridgehead atoms. The molecule has 2 rings (SSSR count). The van der Waals surface area contributed by atoms with Crippen LogP contribution in [0.4, 0.5) is 5.82 Å². The van der Waals surface area contributed by atoms with E-state index in [1.165, 1.54) is 0 Å². The van der Waals surface area contributed by atoms with Gasteiger partial charge in [-0.15, -0.1) is 0 Å². The van der Waals surface area contributed by atoms with Gasteiger partial charge in [-0.1, -0.05) is 13.8 Å². The standard InChI is InChI=1S/C9H12N4/c1-6(2)7-5-13-4-3-11-8(10)9(13)12-7/h3-6H,1-2H3,(H2,10,11). The van der Waals surface area contributed by atoms with Crippen LogP contribution in [0.3, 0.4) is 0 Å². The van der Waals surface area contributed by atoms with E-state index in [9.17, 15) is 0 Å². The highest BCUT2D eigenvalue weighted by atomic mass is 15.1. The summed E-state index contributed by atoms with van der Waals surface area (Å²) in [5.74, 6) is 0.897. The van der Waals surface area contributed by atoms with E-state index in [1.54, 1.807) is 6.20 Å². The fraction of sp³-hybridized carbons (Fsp3) is 0.333. The zero-order chi connectivity index (χ0) is 9.42. The third-order valence-corrected chi connectivity index (χ3v) is 2.01. The van der Waals surface area contributed by atoms with Crippen LogP contribution in [0.25, 0.3) is 5.65 Å². The molecule has 0 aromatic carbocycles. The molecule has 68 valence electrons. The molecule has 0 radical (unpaired) electrons. The molecule has 0 spiro atoms. The molecule has 0 aliphatic carbocycles. The maximum absolute atomic E-state index is 5.68. The van der Waals surface area contributed by atoms with Crippen molar-refractivity contribution in [1.29, 1.82) is 0 Å². The van der Waals surface area contributed by atoms with Gasteiger partial charge in [-0.05, 0) is 5.92 Å². The summed E-state index contributed by atoms with van der Waals surface area (Å²) in [5, 5.41) is 0. The van der Waals surface area contributed by atoms with E-state index >= 15 is 0 Å². The number of nitrogens with two attached hydrogens (primary N) is 1. The average molecular weight is 176 g/mol. The molecule has 4 nitrogen and oxygen atoms in total. The summed E-state index contributed by atoms with van der Waals surface area (Å²) < 4.78 is 1.90. The highest BCUT2D eigenvalue weighted by Gasteiger charge is 2.07. The number of hydrogen-bond acceptors (Lipinski definition) is 3. The first-order valence-corrected chi connectivity index (χ1v) is 4.27. The number of nitrogen functional groups attached to an aromatic ring is 1. The predicted molar refractivity (Wildman–Crippen MR) is 51.5 cm³/mol. The summed E-state index contributed by atoms with van der Waals surface area (Å²) in [7, 11) is 0. The van der Waals surface area contributed by atoms with E-state index in [2.05, 4.69) is 23.8 Å². The quantitative estimate of drug-likeness (QED) is 0.715. The number of imidazole rings is 1. The number of fused-ring (bicyclic) bond motifs is 1. The molecule has 0 aliphatic rings. The maximum Gasteiger partial charge on any atom is 0.180 e. The Morgan fingerprint density at radius 3 is 2.85 bits per heavy atom. The van der Waals surface area contributed by atoms with Crippen molar-refractivity contribution < 1.29 is 0 Å². The molecule has 13 heavy (non-hydrogen) atoms. The van der Waals surface area contributed by atoms with Crippen LogP contribution in [0.1, 0.15) is 25.5 Å². The van der Waals surface area contributed by atoms with E-state index in [4.69, 9.17) is 5.73 Å². The molecule has 0 aliphatic heterocycles. The van der Waals surface area contributed by atoms with Gasteiger partial charge in [0, 0.05) is 18.6 Å². The number of rotatable bonds is 1. The topological polar surface area (TPSA) is 56.2 Å².